The summed E-state index contributed by atoms with van der Waals surface area (Å²) in [5.74, 6) is 2.02. The SMILES string of the molecule is Cc1noc(C)c1S(=O)(=O)N1CCN(c2ccc(N3CCC[C@@H]3C)nn2)CC1. The molecular formula is C18H26N6O3S. The van der Waals surface area contributed by atoms with Crippen LogP contribution in [0.1, 0.15) is 31.2 Å². The van der Waals surface area contributed by atoms with Crippen molar-refractivity contribution in [2.24, 2.45) is 0 Å². The molecular weight excluding hydrogens is 380 g/mol. The zero-order valence-electron chi connectivity index (χ0n) is 16.5. The number of aromatic nitrogens is 3. The third-order valence-electron chi connectivity index (χ3n) is 5.61. The van der Waals surface area contributed by atoms with Crippen molar-refractivity contribution in [1.29, 1.82) is 0 Å². The molecule has 4 rings (SSSR count). The van der Waals surface area contributed by atoms with Crippen LogP contribution in [0.4, 0.5) is 11.6 Å². The fourth-order valence-corrected chi connectivity index (χ4v) is 5.76. The first-order valence-corrected chi connectivity index (χ1v) is 11.1. The van der Waals surface area contributed by atoms with Gasteiger partial charge in [0.2, 0.25) is 10.0 Å². The highest BCUT2D eigenvalue weighted by molar-refractivity contribution is 7.89. The number of sulfonamides is 1. The van der Waals surface area contributed by atoms with E-state index in [0.29, 0.717) is 43.7 Å². The Kier molecular flexibility index (Phi) is 5.00. The molecule has 0 saturated carbocycles. The molecule has 2 aliphatic rings. The normalized spacial score (nSPS) is 21.5. The Hall–Kier alpha value is -2.20. The minimum Gasteiger partial charge on any atom is -0.360 e. The Labute approximate surface area is 165 Å². The molecule has 2 aromatic rings. The van der Waals surface area contributed by atoms with Crippen LogP contribution in [0.3, 0.4) is 0 Å². The zero-order valence-corrected chi connectivity index (χ0v) is 17.3. The van der Waals surface area contributed by atoms with Crippen LogP contribution in [0.5, 0.6) is 0 Å². The molecule has 4 heterocycles. The molecule has 0 N–H and O–H groups in total. The minimum absolute atomic E-state index is 0.185. The third-order valence-corrected chi connectivity index (χ3v) is 7.76. The molecule has 28 heavy (non-hydrogen) atoms. The molecule has 0 aliphatic carbocycles. The Bertz CT molecular complexity index is 915. The Morgan fingerprint density at radius 2 is 1.71 bits per heavy atom. The molecule has 10 heteroatoms. The molecule has 0 spiro atoms. The van der Waals surface area contributed by atoms with Crippen LogP contribution < -0.4 is 9.80 Å². The number of piperazine rings is 1. The van der Waals surface area contributed by atoms with Gasteiger partial charge in [-0.1, -0.05) is 5.16 Å². The van der Waals surface area contributed by atoms with Crippen molar-refractivity contribution in [2.45, 2.75) is 44.6 Å². The second-order valence-electron chi connectivity index (χ2n) is 7.48. The monoisotopic (exact) mass is 406 g/mol. The maximum absolute atomic E-state index is 12.9. The average molecular weight is 407 g/mol. The van der Waals surface area contributed by atoms with E-state index in [9.17, 15) is 8.42 Å². The van der Waals surface area contributed by atoms with Gasteiger partial charge in [0.15, 0.2) is 17.4 Å². The highest BCUT2D eigenvalue weighted by atomic mass is 32.2. The van der Waals surface area contributed by atoms with Crippen LogP contribution in [-0.4, -0.2) is 66.8 Å². The van der Waals surface area contributed by atoms with Gasteiger partial charge in [0, 0.05) is 38.8 Å². The summed E-state index contributed by atoms with van der Waals surface area (Å²) in [6.07, 6.45) is 2.37. The lowest BCUT2D eigenvalue weighted by Gasteiger charge is -2.34. The van der Waals surface area contributed by atoms with Gasteiger partial charge in [-0.2, -0.15) is 4.31 Å². The van der Waals surface area contributed by atoms with E-state index < -0.39 is 10.0 Å². The van der Waals surface area contributed by atoms with Gasteiger partial charge in [-0.25, -0.2) is 8.42 Å². The van der Waals surface area contributed by atoms with E-state index >= 15 is 0 Å². The average Bonchev–Trinajstić information content (AvgIpc) is 3.27. The van der Waals surface area contributed by atoms with Crippen molar-refractivity contribution in [3.05, 3.63) is 23.6 Å². The summed E-state index contributed by atoms with van der Waals surface area (Å²) < 4.78 is 32.4. The van der Waals surface area contributed by atoms with Crippen LogP contribution in [-0.2, 0) is 10.0 Å². The van der Waals surface area contributed by atoms with Crippen molar-refractivity contribution in [1.82, 2.24) is 19.7 Å². The highest BCUT2D eigenvalue weighted by Gasteiger charge is 2.33. The smallest absolute Gasteiger partial charge is 0.248 e. The van der Waals surface area contributed by atoms with Crippen LogP contribution in [0.15, 0.2) is 21.6 Å². The molecule has 0 bridgehead atoms. The number of rotatable bonds is 4. The minimum atomic E-state index is -3.60. The molecule has 2 fully saturated rings. The van der Waals surface area contributed by atoms with Gasteiger partial charge in [0.1, 0.15) is 10.6 Å². The number of hydrogen-bond donors (Lipinski definition) is 0. The predicted molar refractivity (Wildman–Crippen MR) is 105 cm³/mol. The molecule has 9 nitrogen and oxygen atoms in total. The first kappa shape index (κ1) is 19.1. The van der Waals surface area contributed by atoms with Gasteiger partial charge in [-0.05, 0) is 45.7 Å². The largest absolute Gasteiger partial charge is 0.360 e. The van der Waals surface area contributed by atoms with E-state index in [0.717, 1.165) is 18.2 Å². The van der Waals surface area contributed by atoms with E-state index in [-0.39, 0.29) is 4.90 Å². The predicted octanol–water partition coefficient (Wildman–Crippen LogP) is 1.58. The van der Waals surface area contributed by atoms with Crippen LogP contribution in [0.2, 0.25) is 0 Å². The molecule has 0 unspecified atom stereocenters. The van der Waals surface area contributed by atoms with E-state index in [1.54, 1.807) is 13.8 Å². The third kappa shape index (κ3) is 3.35. The summed E-state index contributed by atoms with van der Waals surface area (Å²) in [4.78, 5) is 4.54. The zero-order chi connectivity index (χ0) is 19.9. The summed E-state index contributed by atoms with van der Waals surface area (Å²) in [7, 11) is -3.60. The van der Waals surface area contributed by atoms with Gasteiger partial charge in [-0.15, -0.1) is 10.2 Å². The fourth-order valence-electron chi connectivity index (χ4n) is 4.04. The molecule has 0 amide bonds. The van der Waals surface area contributed by atoms with Crippen molar-refractivity contribution in [2.75, 3.05) is 42.5 Å². The fraction of sp³-hybridized carbons (Fsp3) is 0.611. The molecule has 2 aliphatic heterocycles. The Morgan fingerprint density at radius 3 is 2.25 bits per heavy atom. The second-order valence-corrected chi connectivity index (χ2v) is 9.35. The van der Waals surface area contributed by atoms with Crippen molar-refractivity contribution in [3.8, 4) is 0 Å². The number of aryl methyl sites for hydroxylation is 2. The quantitative estimate of drug-likeness (QED) is 0.755. The van der Waals surface area contributed by atoms with E-state index in [2.05, 4.69) is 32.1 Å². The van der Waals surface area contributed by atoms with Gasteiger partial charge >= 0.3 is 0 Å². The number of nitrogens with zero attached hydrogens (tertiary/aromatic N) is 6. The molecule has 2 saturated heterocycles. The molecule has 2 aromatic heterocycles. The number of anilines is 2. The maximum Gasteiger partial charge on any atom is 0.248 e. The van der Waals surface area contributed by atoms with Crippen LogP contribution in [0, 0.1) is 13.8 Å². The van der Waals surface area contributed by atoms with E-state index in [4.69, 9.17) is 4.52 Å². The highest BCUT2D eigenvalue weighted by Crippen LogP contribution is 2.26. The van der Waals surface area contributed by atoms with Gasteiger partial charge in [0.25, 0.3) is 0 Å². The standard InChI is InChI=1S/C18H26N6O3S/c1-13-5-4-8-24(13)17-7-6-16(19-20-17)22-9-11-23(12-10-22)28(25,26)18-14(2)21-27-15(18)3/h6-7,13H,4-5,8-12H2,1-3H3/t13-/m0/s1. The first-order chi connectivity index (χ1) is 13.4. The first-order valence-electron chi connectivity index (χ1n) is 9.66. The summed E-state index contributed by atoms with van der Waals surface area (Å²) in [6.45, 7) is 8.42. The van der Waals surface area contributed by atoms with E-state index in [1.807, 2.05) is 12.1 Å². The summed E-state index contributed by atoms with van der Waals surface area (Å²) in [5.41, 5.74) is 0.400. The lowest BCUT2D eigenvalue weighted by Crippen LogP contribution is -2.49. The van der Waals surface area contributed by atoms with Crippen molar-refractivity contribution < 1.29 is 12.9 Å². The van der Waals surface area contributed by atoms with Gasteiger partial charge < -0.3 is 14.3 Å². The lowest BCUT2D eigenvalue weighted by atomic mass is 10.2. The van der Waals surface area contributed by atoms with Gasteiger partial charge in [0.05, 0.1) is 0 Å². The lowest BCUT2D eigenvalue weighted by molar-refractivity contribution is 0.377. The molecule has 0 aromatic carbocycles. The summed E-state index contributed by atoms with van der Waals surface area (Å²) >= 11 is 0. The number of hydrogen-bond acceptors (Lipinski definition) is 8. The molecule has 152 valence electrons. The van der Waals surface area contributed by atoms with Crippen molar-refractivity contribution in [3.63, 3.8) is 0 Å². The van der Waals surface area contributed by atoms with Crippen LogP contribution >= 0.6 is 0 Å². The van der Waals surface area contributed by atoms with Crippen LogP contribution in [0.25, 0.3) is 0 Å². The summed E-state index contributed by atoms with van der Waals surface area (Å²) in [6, 6.07) is 4.49. The molecule has 1 atom stereocenters. The second kappa shape index (κ2) is 7.32. The topological polar surface area (TPSA) is 95.7 Å². The van der Waals surface area contributed by atoms with Crippen molar-refractivity contribution >= 4 is 21.7 Å². The Balaban J connectivity index is 1.43. The maximum atomic E-state index is 12.9. The Morgan fingerprint density at radius 1 is 1.04 bits per heavy atom. The molecule has 0 radical (unpaired) electrons. The summed E-state index contributed by atoms with van der Waals surface area (Å²) in [5, 5.41) is 12.6. The van der Waals surface area contributed by atoms with Gasteiger partial charge in [-0.3, -0.25) is 0 Å². The van der Waals surface area contributed by atoms with E-state index in [1.165, 1.54) is 17.1 Å².